The van der Waals surface area contributed by atoms with Crippen molar-refractivity contribution in [1.82, 2.24) is 0 Å². The number of ether oxygens (including phenoxy) is 3. The van der Waals surface area contributed by atoms with Crippen molar-refractivity contribution >= 4 is 17.9 Å². The van der Waals surface area contributed by atoms with Gasteiger partial charge in [-0.1, -0.05) is 236 Å². The van der Waals surface area contributed by atoms with Gasteiger partial charge in [-0.05, 0) is 83.5 Å². The third-order valence-corrected chi connectivity index (χ3v) is 12.0. The molecule has 0 spiro atoms. The zero-order valence-corrected chi connectivity index (χ0v) is 43.0. The van der Waals surface area contributed by atoms with Crippen LogP contribution in [0.1, 0.15) is 278 Å². The number of rotatable bonds is 50. The van der Waals surface area contributed by atoms with Crippen molar-refractivity contribution in [3.63, 3.8) is 0 Å². The summed E-state index contributed by atoms with van der Waals surface area (Å²) in [6.07, 6.45) is 66.4. The van der Waals surface area contributed by atoms with Crippen LogP contribution < -0.4 is 0 Å². The van der Waals surface area contributed by atoms with E-state index in [9.17, 15) is 14.4 Å². The molecule has 0 unspecified atom stereocenters. The molecular formula is C59H104O6. The van der Waals surface area contributed by atoms with Gasteiger partial charge in [0.15, 0.2) is 6.10 Å². The molecule has 0 saturated heterocycles. The summed E-state index contributed by atoms with van der Waals surface area (Å²) in [5, 5.41) is 0. The molecule has 0 heterocycles. The van der Waals surface area contributed by atoms with E-state index < -0.39 is 6.10 Å². The molecular weight excluding hydrogens is 805 g/mol. The van der Waals surface area contributed by atoms with Gasteiger partial charge in [0.25, 0.3) is 0 Å². The van der Waals surface area contributed by atoms with Gasteiger partial charge in [0.1, 0.15) is 13.2 Å². The van der Waals surface area contributed by atoms with Gasteiger partial charge in [-0.3, -0.25) is 14.4 Å². The largest absolute Gasteiger partial charge is 0.462 e. The van der Waals surface area contributed by atoms with Crippen molar-refractivity contribution in [3.05, 3.63) is 60.8 Å². The van der Waals surface area contributed by atoms with Gasteiger partial charge >= 0.3 is 17.9 Å². The lowest BCUT2D eigenvalue weighted by atomic mass is 10.1. The van der Waals surface area contributed by atoms with E-state index in [1.54, 1.807) is 0 Å². The summed E-state index contributed by atoms with van der Waals surface area (Å²) in [6.45, 7) is 6.57. The van der Waals surface area contributed by atoms with E-state index in [2.05, 4.69) is 81.5 Å². The minimum Gasteiger partial charge on any atom is -0.462 e. The van der Waals surface area contributed by atoms with Crippen LogP contribution in [-0.4, -0.2) is 37.2 Å². The van der Waals surface area contributed by atoms with E-state index in [-0.39, 0.29) is 37.5 Å². The van der Waals surface area contributed by atoms with E-state index in [4.69, 9.17) is 14.2 Å². The SMILES string of the molecule is CCCCC/C=C\C/C=C\CCCCCCCCCCCC(=O)OC[C@H](COC(=O)CCC/C=C\C/C=C\C/C=C\CCCCCCCC)OC(=O)CCCCCCCCCCCCC. The lowest BCUT2D eigenvalue weighted by Crippen LogP contribution is -2.30. The van der Waals surface area contributed by atoms with Crippen LogP contribution in [0.5, 0.6) is 0 Å². The van der Waals surface area contributed by atoms with Gasteiger partial charge in [-0.25, -0.2) is 0 Å². The Labute approximate surface area is 402 Å². The van der Waals surface area contributed by atoms with Crippen LogP contribution in [-0.2, 0) is 28.6 Å². The molecule has 0 fully saturated rings. The standard InChI is InChI=1S/C59H104O6/c1-4-7-10-13-16-19-22-24-26-28-29-31-33-35-38-40-43-46-49-52-58(61)64-55-56(65-59(62)53-50-47-44-41-36-21-18-15-12-9-6-3)54-63-57(60)51-48-45-42-39-37-34-32-30-27-25-23-20-17-14-11-8-5-2/h16,19,24-27,32,34,39,42,56H,4-15,17-18,20-23,28-31,33,35-38,40-41,43-55H2,1-3H3/b19-16-,26-24-,27-25-,34-32-,42-39-/t56-/m0/s1. The van der Waals surface area contributed by atoms with Crippen LogP contribution in [0, 0.1) is 0 Å². The quantitative estimate of drug-likeness (QED) is 0.0262. The smallest absolute Gasteiger partial charge is 0.306 e. The highest BCUT2D eigenvalue weighted by Gasteiger charge is 2.19. The summed E-state index contributed by atoms with van der Waals surface area (Å²) in [6, 6.07) is 0. The fourth-order valence-corrected chi connectivity index (χ4v) is 7.78. The van der Waals surface area contributed by atoms with Crippen LogP contribution in [0.25, 0.3) is 0 Å². The first kappa shape index (κ1) is 62.1. The number of hydrogen-bond acceptors (Lipinski definition) is 6. The maximum absolute atomic E-state index is 12.8. The van der Waals surface area contributed by atoms with Crippen LogP contribution in [0.15, 0.2) is 60.8 Å². The summed E-state index contributed by atoms with van der Waals surface area (Å²) in [7, 11) is 0. The molecule has 0 aliphatic carbocycles. The summed E-state index contributed by atoms with van der Waals surface area (Å²) in [4.78, 5) is 38.0. The molecule has 65 heavy (non-hydrogen) atoms. The highest BCUT2D eigenvalue weighted by Crippen LogP contribution is 2.15. The zero-order valence-electron chi connectivity index (χ0n) is 43.0. The molecule has 1 atom stereocenters. The summed E-state index contributed by atoms with van der Waals surface area (Å²) >= 11 is 0. The van der Waals surface area contributed by atoms with E-state index >= 15 is 0 Å². The lowest BCUT2D eigenvalue weighted by molar-refractivity contribution is -0.167. The predicted octanol–water partition coefficient (Wildman–Crippen LogP) is 18.4. The second kappa shape index (κ2) is 53.7. The lowest BCUT2D eigenvalue weighted by Gasteiger charge is -2.18. The van der Waals surface area contributed by atoms with Gasteiger partial charge in [-0.2, -0.15) is 0 Å². The number of allylic oxidation sites excluding steroid dienone is 10. The molecule has 376 valence electrons. The van der Waals surface area contributed by atoms with Crippen LogP contribution in [0.3, 0.4) is 0 Å². The molecule has 0 aromatic heterocycles. The minimum atomic E-state index is -0.793. The van der Waals surface area contributed by atoms with Crippen molar-refractivity contribution in [2.45, 2.75) is 284 Å². The molecule has 0 amide bonds. The van der Waals surface area contributed by atoms with Gasteiger partial charge in [0.2, 0.25) is 0 Å². The summed E-state index contributed by atoms with van der Waals surface area (Å²) in [5.41, 5.74) is 0. The Morgan fingerprint density at radius 1 is 0.308 bits per heavy atom. The van der Waals surface area contributed by atoms with Crippen LogP contribution >= 0.6 is 0 Å². The number of esters is 3. The summed E-state index contributed by atoms with van der Waals surface area (Å²) < 4.78 is 16.8. The van der Waals surface area contributed by atoms with Crippen LogP contribution in [0.2, 0.25) is 0 Å². The molecule has 0 bridgehead atoms. The Bertz CT molecular complexity index is 1180. The van der Waals surface area contributed by atoms with E-state index in [0.717, 1.165) is 64.2 Å². The number of carbonyl (C=O) groups is 3. The highest BCUT2D eigenvalue weighted by molar-refractivity contribution is 5.71. The predicted molar refractivity (Wildman–Crippen MR) is 279 cm³/mol. The molecule has 0 N–H and O–H groups in total. The van der Waals surface area contributed by atoms with Gasteiger partial charge < -0.3 is 14.2 Å². The topological polar surface area (TPSA) is 78.9 Å². The van der Waals surface area contributed by atoms with Gasteiger partial charge in [-0.15, -0.1) is 0 Å². The van der Waals surface area contributed by atoms with E-state index in [1.807, 2.05) is 0 Å². The molecule has 0 saturated carbocycles. The van der Waals surface area contributed by atoms with Crippen molar-refractivity contribution in [2.75, 3.05) is 13.2 Å². The molecule has 0 radical (unpaired) electrons. The van der Waals surface area contributed by atoms with Gasteiger partial charge in [0.05, 0.1) is 0 Å². The maximum atomic E-state index is 12.8. The summed E-state index contributed by atoms with van der Waals surface area (Å²) in [5.74, 6) is -0.941. The second-order valence-electron chi connectivity index (χ2n) is 18.5. The Kier molecular flexibility index (Phi) is 51.3. The molecule has 6 nitrogen and oxygen atoms in total. The first-order valence-electron chi connectivity index (χ1n) is 27.8. The number of carbonyl (C=O) groups excluding carboxylic acids is 3. The Morgan fingerprint density at radius 3 is 0.954 bits per heavy atom. The molecule has 0 aromatic carbocycles. The molecule has 0 aliphatic heterocycles. The average molecular weight is 909 g/mol. The normalized spacial score (nSPS) is 12.5. The first-order chi connectivity index (χ1) is 32.0. The molecule has 0 aromatic rings. The van der Waals surface area contributed by atoms with Gasteiger partial charge in [0, 0.05) is 19.3 Å². The van der Waals surface area contributed by atoms with Crippen molar-refractivity contribution < 1.29 is 28.6 Å². The second-order valence-corrected chi connectivity index (χ2v) is 18.5. The van der Waals surface area contributed by atoms with Crippen LogP contribution in [0.4, 0.5) is 0 Å². The molecule has 0 aliphatic rings. The van der Waals surface area contributed by atoms with Crippen molar-refractivity contribution in [3.8, 4) is 0 Å². The average Bonchev–Trinajstić information content (AvgIpc) is 3.30. The third kappa shape index (κ3) is 51.9. The minimum absolute atomic E-state index is 0.0900. The molecule has 6 heteroatoms. The number of unbranched alkanes of at least 4 members (excludes halogenated alkanes) is 29. The monoisotopic (exact) mass is 909 g/mol. The Morgan fingerprint density at radius 2 is 0.569 bits per heavy atom. The van der Waals surface area contributed by atoms with Crippen molar-refractivity contribution in [1.29, 1.82) is 0 Å². The number of hydrogen-bond donors (Lipinski definition) is 0. The zero-order chi connectivity index (χ0) is 47.2. The maximum Gasteiger partial charge on any atom is 0.306 e. The Balaban J connectivity index is 4.38. The molecule has 0 rings (SSSR count). The van der Waals surface area contributed by atoms with E-state index in [0.29, 0.717) is 19.3 Å². The fourth-order valence-electron chi connectivity index (χ4n) is 7.78. The highest BCUT2D eigenvalue weighted by atomic mass is 16.6. The first-order valence-corrected chi connectivity index (χ1v) is 27.8. The van der Waals surface area contributed by atoms with Crippen molar-refractivity contribution in [2.24, 2.45) is 0 Å². The van der Waals surface area contributed by atoms with E-state index in [1.165, 1.54) is 167 Å². The third-order valence-electron chi connectivity index (χ3n) is 12.0. The Hall–Kier alpha value is -2.89. The fraction of sp³-hybridized carbons (Fsp3) is 0.780.